The van der Waals surface area contributed by atoms with Gasteiger partial charge in [0.15, 0.2) is 17.1 Å². The fraction of sp³-hybridized carbons (Fsp3) is 0. The zero-order chi connectivity index (χ0) is 17.4. The maximum absolute atomic E-state index is 9.86. The highest BCUT2D eigenvalue weighted by molar-refractivity contribution is 5.99. The Balaban J connectivity index is 2.10. The third-order valence-electron chi connectivity index (χ3n) is 4.02. The second kappa shape index (κ2) is 5.65. The molecule has 0 aliphatic heterocycles. The van der Waals surface area contributed by atoms with Gasteiger partial charge in [0.25, 0.3) is 0 Å². The second-order valence-electron chi connectivity index (χ2n) is 5.52. The summed E-state index contributed by atoms with van der Waals surface area (Å²) in [6.45, 7) is 0. The van der Waals surface area contributed by atoms with Gasteiger partial charge < -0.3 is 10.2 Å². The van der Waals surface area contributed by atoms with Crippen LogP contribution in [0.25, 0.3) is 33.4 Å². The Morgan fingerprint density at radius 2 is 1.76 bits per heavy atom. The minimum absolute atomic E-state index is 0.219. The fourth-order valence-electron chi connectivity index (χ4n) is 2.86. The fourth-order valence-corrected chi connectivity index (χ4v) is 2.86. The highest BCUT2D eigenvalue weighted by atomic mass is 16.3. The number of aromatic hydroxyl groups is 2. The first kappa shape index (κ1) is 14.7. The second-order valence-corrected chi connectivity index (χ2v) is 5.52. The standard InChI is InChI=1S/C19H12N4O2/c20-9-13-17(12-6-7-15(24)16(25)8-12)14-10-21-23-19(14)22-18(13)11-4-2-1-3-5-11/h1-8,10,24-25H,(H,21,22,23). The molecule has 6 nitrogen and oxygen atoms in total. The first-order valence-corrected chi connectivity index (χ1v) is 7.54. The van der Waals surface area contributed by atoms with E-state index in [2.05, 4.69) is 21.3 Å². The van der Waals surface area contributed by atoms with Gasteiger partial charge in [0.1, 0.15) is 6.07 Å². The molecule has 0 spiro atoms. The van der Waals surface area contributed by atoms with Crippen molar-refractivity contribution in [2.24, 2.45) is 0 Å². The lowest BCUT2D eigenvalue weighted by atomic mass is 9.94. The lowest BCUT2D eigenvalue weighted by Gasteiger charge is -2.11. The highest BCUT2D eigenvalue weighted by Gasteiger charge is 2.19. The number of fused-ring (bicyclic) bond motifs is 1. The molecule has 0 atom stereocenters. The molecule has 2 aromatic heterocycles. The first-order valence-electron chi connectivity index (χ1n) is 7.54. The Labute approximate surface area is 142 Å². The number of nitriles is 1. The minimum Gasteiger partial charge on any atom is -0.504 e. The van der Waals surface area contributed by atoms with Crippen LogP contribution in [0.3, 0.4) is 0 Å². The van der Waals surface area contributed by atoms with E-state index in [1.165, 1.54) is 12.1 Å². The largest absolute Gasteiger partial charge is 0.504 e. The third kappa shape index (κ3) is 2.35. The summed E-state index contributed by atoms with van der Waals surface area (Å²) in [5.41, 5.74) is 3.46. The summed E-state index contributed by atoms with van der Waals surface area (Å²) in [7, 11) is 0. The van der Waals surface area contributed by atoms with Gasteiger partial charge in [-0.05, 0) is 17.7 Å². The van der Waals surface area contributed by atoms with E-state index in [-0.39, 0.29) is 11.5 Å². The normalized spacial score (nSPS) is 10.7. The van der Waals surface area contributed by atoms with Gasteiger partial charge in [-0.15, -0.1) is 0 Å². The van der Waals surface area contributed by atoms with Crippen molar-refractivity contribution >= 4 is 11.0 Å². The Morgan fingerprint density at radius 1 is 0.960 bits per heavy atom. The smallest absolute Gasteiger partial charge is 0.158 e. The summed E-state index contributed by atoms with van der Waals surface area (Å²) >= 11 is 0. The maximum Gasteiger partial charge on any atom is 0.158 e. The number of hydrogen-bond donors (Lipinski definition) is 3. The number of benzene rings is 2. The van der Waals surface area contributed by atoms with Crippen LogP contribution in [0.2, 0.25) is 0 Å². The van der Waals surface area contributed by atoms with E-state index in [1.807, 2.05) is 30.3 Å². The van der Waals surface area contributed by atoms with Gasteiger partial charge in [0.05, 0.1) is 17.5 Å². The van der Waals surface area contributed by atoms with E-state index in [0.29, 0.717) is 33.4 Å². The number of nitrogens with zero attached hydrogens (tertiary/aromatic N) is 3. The van der Waals surface area contributed by atoms with E-state index in [4.69, 9.17) is 0 Å². The molecule has 0 bridgehead atoms. The van der Waals surface area contributed by atoms with Crippen LogP contribution in [-0.2, 0) is 0 Å². The van der Waals surface area contributed by atoms with Crippen LogP contribution in [0.1, 0.15) is 5.56 Å². The average molecular weight is 328 g/mol. The zero-order valence-electron chi connectivity index (χ0n) is 12.9. The SMILES string of the molecule is N#Cc1c(-c2ccccc2)nc2[nH]ncc2c1-c1ccc(O)c(O)c1. The van der Waals surface area contributed by atoms with Gasteiger partial charge in [-0.3, -0.25) is 5.10 Å². The van der Waals surface area contributed by atoms with E-state index in [9.17, 15) is 15.5 Å². The van der Waals surface area contributed by atoms with Crippen LogP contribution in [0.15, 0.2) is 54.7 Å². The molecule has 0 radical (unpaired) electrons. The van der Waals surface area contributed by atoms with Crippen molar-refractivity contribution in [1.82, 2.24) is 15.2 Å². The molecule has 3 N–H and O–H groups in total. The number of nitrogens with one attached hydrogen (secondary N) is 1. The number of pyridine rings is 1. The molecule has 0 fully saturated rings. The third-order valence-corrected chi connectivity index (χ3v) is 4.02. The number of phenolic OH excluding ortho intramolecular Hbond substituents is 2. The lowest BCUT2D eigenvalue weighted by Crippen LogP contribution is -1.95. The van der Waals surface area contributed by atoms with Crippen LogP contribution in [-0.4, -0.2) is 25.4 Å². The van der Waals surface area contributed by atoms with Gasteiger partial charge in [-0.25, -0.2) is 4.98 Å². The molecular formula is C19H12N4O2. The van der Waals surface area contributed by atoms with Crippen molar-refractivity contribution in [3.8, 4) is 40.0 Å². The maximum atomic E-state index is 9.86. The van der Waals surface area contributed by atoms with Crippen molar-refractivity contribution in [2.75, 3.05) is 0 Å². The molecule has 4 rings (SSSR count). The van der Waals surface area contributed by atoms with Gasteiger partial charge >= 0.3 is 0 Å². The van der Waals surface area contributed by atoms with E-state index >= 15 is 0 Å². The summed E-state index contributed by atoms with van der Waals surface area (Å²) in [5, 5.41) is 36.8. The van der Waals surface area contributed by atoms with Crippen LogP contribution < -0.4 is 0 Å². The number of aromatic nitrogens is 3. The van der Waals surface area contributed by atoms with Crippen LogP contribution in [0, 0.1) is 11.3 Å². The molecule has 2 heterocycles. The highest BCUT2D eigenvalue weighted by Crippen LogP contribution is 2.38. The first-order chi connectivity index (χ1) is 12.2. The molecule has 0 unspecified atom stereocenters. The number of phenols is 2. The Morgan fingerprint density at radius 3 is 2.48 bits per heavy atom. The molecule has 120 valence electrons. The van der Waals surface area contributed by atoms with Crippen molar-refractivity contribution in [3.05, 3.63) is 60.3 Å². The van der Waals surface area contributed by atoms with Gasteiger partial charge in [-0.2, -0.15) is 10.4 Å². The average Bonchev–Trinajstić information content (AvgIpc) is 3.11. The molecule has 4 aromatic rings. The monoisotopic (exact) mass is 328 g/mol. The molecular weight excluding hydrogens is 316 g/mol. The Kier molecular flexibility index (Phi) is 3.33. The Hall–Kier alpha value is -3.85. The molecule has 0 amide bonds. The molecule has 0 saturated heterocycles. The van der Waals surface area contributed by atoms with E-state index < -0.39 is 0 Å². The molecule has 6 heteroatoms. The lowest BCUT2D eigenvalue weighted by molar-refractivity contribution is 0.404. The van der Waals surface area contributed by atoms with Gasteiger partial charge in [0.2, 0.25) is 0 Å². The van der Waals surface area contributed by atoms with E-state index in [0.717, 1.165) is 5.56 Å². The Bertz CT molecular complexity index is 1130. The van der Waals surface area contributed by atoms with Crippen molar-refractivity contribution in [3.63, 3.8) is 0 Å². The molecule has 0 aliphatic carbocycles. The minimum atomic E-state index is -0.254. The number of H-pyrrole nitrogens is 1. The molecule has 25 heavy (non-hydrogen) atoms. The molecule has 0 saturated carbocycles. The summed E-state index contributed by atoms with van der Waals surface area (Å²) < 4.78 is 0. The zero-order valence-corrected chi connectivity index (χ0v) is 12.9. The number of rotatable bonds is 2. The van der Waals surface area contributed by atoms with Crippen molar-refractivity contribution in [1.29, 1.82) is 5.26 Å². The summed E-state index contributed by atoms with van der Waals surface area (Å²) in [6.07, 6.45) is 1.59. The van der Waals surface area contributed by atoms with Crippen molar-refractivity contribution < 1.29 is 10.2 Å². The predicted octanol–water partition coefficient (Wildman–Crippen LogP) is 3.57. The van der Waals surface area contributed by atoms with Gasteiger partial charge in [0, 0.05) is 16.5 Å². The molecule has 2 aromatic carbocycles. The van der Waals surface area contributed by atoms with Crippen LogP contribution in [0.5, 0.6) is 11.5 Å². The number of aromatic amines is 1. The van der Waals surface area contributed by atoms with Gasteiger partial charge in [-0.1, -0.05) is 36.4 Å². The molecule has 0 aliphatic rings. The van der Waals surface area contributed by atoms with Crippen molar-refractivity contribution in [2.45, 2.75) is 0 Å². The number of hydrogen-bond acceptors (Lipinski definition) is 5. The summed E-state index contributed by atoms with van der Waals surface area (Å²) in [4.78, 5) is 4.55. The van der Waals surface area contributed by atoms with Crippen LogP contribution in [0.4, 0.5) is 0 Å². The summed E-state index contributed by atoms with van der Waals surface area (Å²) in [5.74, 6) is -0.473. The summed E-state index contributed by atoms with van der Waals surface area (Å²) in [6, 6.07) is 16.1. The predicted molar refractivity (Wildman–Crippen MR) is 92.8 cm³/mol. The van der Waals surface area contributed by atoms with Crippen LogP contribution >= 0.6 is 0 Å². The quantitative estimate of drug-likeness (QED) is 0.488. The van der Waals surface area contributed by atoms with E-state index in [1.54, 1.807) is 12.3 Å². The topological polar surface area (TPSA) is 106 Å².